The van der Waals surface area contributed by atoms with Crippen LogP contribution in [0.2, 0.25) is 0 Å². The standard InChI is InChI=1S/C12H16F2N2O2S/c1-3-15-11-9(13)6-8(7-10(11)14)12(17)16-4-5-19(2)18/h6-7,15H,3-5H2,1-2H3,(H,16,17). The van der Waals surface area contributed by atoms with Crippen LogP contribution in [0.1, 0.15) is 17.3 Å². The Morgan fingerprint density at radius 1 is 1.32 bits per heavy atom. The van der Waals surface area contributed by atoms with Gasteiger partial charge in [-0.2, -0.15) is 0 Å². The maximum atomic E-state index is 13.6. The molecular weight excluding hydrogens is 274 g/mol. The third-order valence-electron chi connectivity index (χ3n) is 2.33. The van der Waals surface area contributed by atoms with Gasteiger partial charge in [-0.1, -0.05) is 0 Å². The van der Waals surface area contributed by atoms with E-state index in [0.29, 0.717) is 12.3 Å². The van der Waals surface area contributed by atoms with Crippen LogP contribution < -0.4 is 10.6 Å². The molecule has 0 saturated carbocycles. The lowest BCUT2D eigenvalue weighted by Gasteiger charge is -2.09. The van der Waals surface area contributed by atoms with Gasteiger partial charge in [-0.3, -0.25) is 9.00 Å². The summed E-state index contributed by atoms with van der Waals surface area (Å²) >= 11 is 0. The summed E-state index contributed by atoms with van der Waals surface area (Å²) in [6.07, 6.45) is 1.51. The maximum Gasteiger partial charge on any atom is 0.251 e. The van der Waals surface area contributed by atoms with Crippen molar-refractivity contribution in [2.75, 3.05) is 30.4 Å². The third-order valence-corrected chi connectivity index (χ3v) is 3.11. The predicted octanol–water partition coefficient (Wildman–Crippen LogP) is 1.50. The molecule has 2 N–H and O–H groups in total. The highest BCUT2D eigenvalue weighted by Crippen LogP contribution is 2.20. The monoisotopic (exact) mass is 290 g/mol. The number of rotatable bonds is 6. The number of amides is 1. The van der Waals surface area contributed by atoms with Crippen molar-refractivity contribution in [2.24, 2.45) is 0 Å². The minimum Gasteiger partial charge on any atom is -0.381 e. The van der Waals surface area contributed by atoms with Crippen LogP contribution in [0.4, 0.5) is 14.5 Å². The molecular formula is C12H16F2N2O2S. The first kappa shape index (κ1) is 15.6. The highest BCUT2D eigenvalue weighted by Gasteiger charge is 2.14. The van der Waals surface area contributed by atoms with Crippen molar-refractivity contribution in [2.45, 2.75) is 6.92 Å². The number of carbonyl (C=O) groups excluding carboxylic acids is 1. The fourth-order valence-corrected chi connectivity index (χ4v) is 1.85. The van der Waals surface area contributed by atoms with Crippen LogP contribution >= 0.6 is 0 Å². The molecule has 1 atom stereocenters. The molecule has 0 aliphatic heterocycles. The van der Waals surface area contributed by atoms with E-state index in [1.807, 2.05) is 0 Å². The van der Waals surface area contributed by atoms with Crippen LogP contribution in [0, 0.1) is 11.6 Å². The third kappa shape index (κ3) is 4.59. The van der Waals surface area contributed by atoms with E-state index in [4.69, 9.17) is 0 Å². The second-order valence-electron chi connectivity index (χ2n) is 3.88. The fourth-order valence-electron chi connectivity index (χ4n) is 1.46. The average molecular weight is 290 g/mol. The number of nitrogens with one attached hydrogen (secondary N) is 2. The summed E-state index contributed by atoms with van der Waals surface area (Å²) in [5, 5.41) is 5.00. The first-order valence-corrected chi connectivity index (χ1v) is 7.49. The Kier molecular flexibility index (Phi) is 5.88. The zero-order valence-electron chi connectivity index (χ0n) is 10.8. The molecule has 1 unspecified atom stereocenters. The lowest BCUT2D eigenvalue weighted by Crippen LogP contribution is -2.27. The van der Waals surface area contributed by atoms with E-state index in [9.17, 15) is 17.8 Å². The van der Waals surface area contributed by atoms with E-state index < -0.39 is 28.3 Å². The quantitative estimate of drug-likeness (QED) is 0.835. The number of anilines is 1. The van der Waals surface area contributed by atoms with E-state index in [1.54, 1.807) is 6.92 Å². The van der Waals surface area contributed by atoms with Crippen LogP contribution in [-0.4, -0.2) is 35.2 Å². The number of halogens is 2. The van der Waals surface area contributed by atoms with Gasteiger partial charge < -0.3 is 10.6 Å². The molecule has 0 radical (unpaired) electrons. The molecule has 1 rings (SSSR count). The largest absolute Gasteiger partial charge is 0.381 e. The van der Waals surface area contributed by atoms with E-state index in [1.165, 1.54) is 6.26 Å². The molecule has 0 heterocycles. The van der Waals surface area contributed by atoms with Crippen LogP contribution in [0.25, 0.3) is 0 Å². The minimum atomic E-state index is -1.03. The number of benzene rings is 1. The Balaban J connectivity index is 2.79. The van der Waals surface area contributed by atoms with Crippen molar-refractivity contribution in [3.05, 3.63) is 29.3 Å². The molecule has 1 amide bonds. The van der Waals surface area contributed by atoms with Gasteiger partial charge in [0.1, 0.15) is 17.3 Å². The zero-order chi connectivity index (χ0) is 14.4. The van der Waals surface area contributed by atoms with Crippen LogP contribution in [-0.2, 0) is 10.8 Å². The Morgan fingerprint density at radius 3 is 2.37 bits per heavy atom. The van der Waals surface area contributed by atoms with Crippen molar-refractivity contribution in [1.82, 2.24) is 5.32 Å². The average Bonchev–Trinajstić information content (AvgIpc) is 2.33. The smallest absolute Gasteiger partial charge is 0.251 e. The predicted molar refractivity (Wildman–Crippen MR) is 71.8 cm³/mol. The lowest BCUT2D eigenvalue weighted by molar-refractivity contribution is 0.0955. The van der Waals surface area contributed by atoms with Gasteiger partial charge >= 0.3 is 0 Å². The first-order valence-electron chi connectivity index (χ1n) is 5.76. The Bertz CT molecular complexity index is 472. The molecule has 7 heteroatoms. The first-order chi connectivity index (χ1) is 8.95. The molecule has 0 spiro atoms. The Morgan fingerprint density at radius 2 is 1.89 bits per heavy atom. The van der Waals surface area contributed by atoms with Crippen molar-refractivity contribution >= 4 is 22.4 Å². The summed E-state index contributed by atoms with van der Waals surface area (Å²) in [6, 6.07) is 1.94. The molecule has 0 saturated heterocycles. The normalized spacial score (nSPS) is 12.0. The molecule has 0 aliphatic rings. The van der Waals surface area contributed by atoms with Gasteiger partial charge in [0.15, 0.2) is 0 Å². The summed E-state index contributed by atoms with van der Waals surface area (Å²) in [4.78, 5) is 11.6. The number of hydrogen-bond donors (Lipinski definition) is 2. The van der Waals surface area contributed by atoms with Gasteiger partial charge in [-0.05, 0) is 19.1 Å². The SMILES string of the molecule is CCNc1c(F)cc(C(=O)NCCS(C)=O)cc1F. The van der Waals surface area contributed by atoms with E-state index >= 15 is 0 Å². The molecule has 106 valence electrons. The molecule has 1 aromatic rings. The zero-order valence-corrected chi connectivity index (χ0v) is 11.6. The molecule has 1 aromatic carbocycles. The second kappa shape index (κ2) is 7.18. The number of hydrogen-bond acceptors (Lipinski definition) is 3. The topological polar surface area (TPSA) is 58.2 Å². The summed E-state index contributed by atoms with van der Waals surface area (Å²) in [5.41, 5.74) is -0.341. The van der Waals surface area contributed by atoms with Crippen molar-refractivity contribution in [3.63, 3.8) is 0 Å². The van der Waals surface area contributed by atoms with E-state index in [0.717, 1.165) is 12.1 Å². The second-order valence-corrected chi connectivity index (χ2v) is 5.43. The van der Waals surface area contributed by atoms with Gasteiger partial charge in [0, 0.05) is 41.5 Å². The summed E-state index contributed by atoms with van der Waals surface area (Å²) < 4.78 is 38.0. The van der Waals surface area contributed by atoms with Gasteiger partial charge in [0.25, 0.3) is 5.91 Å². The molecule has 0 fully saturated rings. The molecule has 19 heavy (non-hydrogen) atoms. The van der Waals surface area contributed by atoms with Gasteiger partial charge in [-0.15, -0.1) is 0 Å². The van der Waals surface area contributed by atoms with Gasteiger partial charge in [-0.25, -0.2) is 8.78 Å². The highest BCUT2D eigenvalue weighted by atomic mass is 32.2. The molecule has 0 aliphatic carbocycles. The van der Waals surface area contributed by atoms with Crippen LogP contribution in [0.15, 0.2) is 12.1 Å². The van der Waals surface area contributed by atoms with E-state index in [2.05, 4.69) is 10.6 Å². The molecule has 0 bridgehead atoms. The number of carbonyl (C=O) groups is 1. The van der Waals surface area contributed by atoms with E-state index in [-0.39, 0.29) is 17.8 Å². The van der Waals surface area contributed by atoms with Crippen LogP contribution in [0.5, 0.6) is 0 Å². The fraction of sp³-hybridized carbons (Fsp3) is 0.417. The van der Waals surface area contributed by atoms with Crippen molar-refractivity contribution < 1.29 is 17.8 Å². The summed E-state index contributed by atoms with van der Waals surface area (Å²) in [7, 11) is -1.03. The summed E-state index contributed by atoms with van der Waals surface area (Å²) in [6.45, 7) is 2.28. The molecule has 4 nitrogen and oxygen atoms in total. The van der Waals surface area contributed by atoms with Crippen molar-refractivity contribution in [1.29, 1.82) is 0 Å². The van der Waals surface area contributed by atoms with Crippen LogP contribution in [0.3, 0.4) is 0 Å². The van der Waals surface area contributed by atoms with Gasteiger partial charge in [0.2, 0.25) is 0 Å². The Labute approximate surface area is 113 Å². The molecule has 0 aromatic heterocycles. The maximum absolute atomic E-state index is 13.6. The Hall–Kier alpha value is -1.50. The van der Waals surface area contributed by atoms with Gasteiger partial charge in [0.05, 0.1) is 0 Å². The highest BCUT2D eigenvalue weighted by molar-refractivity contribution is 7.84. The summed E-state index contributed by atoms with van der Waals surface area (Å²) in [5.74, 6) is -1.92. The van der Waals surface area contributed by atoms with Crippen molar-refractivity contribution in [3.8, 4) is 0 Å². The lowest BCUT2D eigenvalue weighted by atomic mass is 10.1. The minimum absolute atomic E-state index is 0.0986.